The molecule has 1 heterocycles. The second-order valence-corrected chi connectivity index (χ2v) is 3.26. The Balaban J connectivity index is 2.82. The normalized spacial score (nSPS) is 10.8. The number of nitrogens with one attached hydrogen (secondary N) is 1. The lowest BCUT2D eigenvalue weighted by Crippen LogP contribution is -2.30. The third-order valence-corrected chi connectivity index (χ3v) is 2.16. The van der Waals surface area contributed by atoms with Crippen molar-refractivity contribution < 1.29 is 10.0 Å². The molecule has 2 aromatic rings. The van der Waals surface area contributed by atoms with Crippen molar-refractivity contribution in [3.05, 3.63) is 17.7 Å². The minimum Gasteiger partial charge on any atom is -0.423 e. The van der Waals surface area contributed by atoms with Gasteiger partial charge in [-0.15, -0.1) is 0 Å². The molecule has 0 spiro atoms. The highest BCUT2D eigenvalue weighted by molar-refractivity contribution is 6.61. The first kappa shape index (κ1) is 9.05. The van der Waals surface area contributed by atoms with Gasteiger partial charge in [-0.2, -0.15) is 5.10 Å². The van der Waals surface area contributed by atoms with Gasteiger partial charge in [0.15, 0.2) is 5.82 Å². The Hall–Kier alpha value is -1.53. The van der Waals surface area contributed by atoms with Gasteiger partial charge in [0.1, 0.15) is 0 Å². The average molecular weight is 191 g/mol. The zero-order valence-electron chi connectivity index (χ0n) is 7.65. The Bertz CT molecular complexity index is 481. The quantitative estimate of drug-likeness (QED) is 0.440. The third kappa shape index (κ3) is 1.25. The smallest absolute Gasteiger partial charge is 0.423 e. The summed E-state index contributed by atoms with van der Waals surface area (Å²) in [7, 11) is -1.52. The number of rotatable bonds is 1. The fraction of sp³-hybridized carbons (Fsp3) is 0.125. The van der Waals surface area contributed by atoms with Crippen LogP contribution in [-0.4, -0.2) is 27.4 Å². The van der Waals surface area contributed by atoms with E-state index >= 15 is 0 Å². The van der Waals surface area contributed by atoms with Crippen LogP contribution in [0.5, 0.6) is 0 Å². The number of benzene rings is 1. The molecular weight excluding hydrogens is 181 g/mol. The van der Waals surface area contributed by atoms with Crippen LogP contribution < -0.4 is 11.2 Å². The average Bonchev–Trinajstić information content (AvgIpc) is 2.47. The Kier molecular flexibility index (Phi) is 1.94. The molecule has 0 saturated heterocycles. The van der Waals surface area contributed by atoms with Crippen molar-refractivity contribution in [3.8, 4) is 0 Å². The largest absolute Gasteiger partial charge is 0.490 e. The maximum atomic E-state index is 9.12. The molecule has 0 atom stereocenters. The molecule has 2 rings (SSSR count). The molecule has 0 unspecified atom stereocenters. The number of anilines is 1. The van der Waals surface area contributed by atoms with Crippen molar-refractivity contribution in [1.29, 1.82) is 0 Å². The molecule has 0 radical (unpaired) electrons. The van der Waals surface area contributed by atoms with Crippen molar-refractivity contribution in [2.45, 2.75) is 6.92 Å². The molecule has 0 fully saturated rings. The molecule has 14 heavy (non-hydrogen) atoms. The van der Waals surface area contributed by atoms with Gasteiger partial charge in [-0.3, -0.25) is 5.10 Å². The minimum absolute atomic E-state index is 0.366. The first-order valence-corrected chi connectivity index (χ1v) is 4.20. The van der Waals surface area contributed by atoms with E-state index in [-0.39, 0.29) is 0 Å². The number of fused-ring (bicyclic) bond motifs is 1. The van der Waals surface area contributed by atoms with Crippen LogP contribution in [0.25, 0.3) is 10.9 Å². The summed E-state index contributed by atoms with van der Waals surface area (Å²) in [5.74, 6) is 0.366. The fourth-order valence-corrected chi connectivity index (χ4v) is 1.52. The SMILES string of the molecule is Cc1cc(B(O)O)c2[nH]nc(N)c2c1. The number of nitrogens with two attached hydrogens (primary N) is 1. The van der Waals surface area contributed by atoms with Crippen LogP contribution in [0.1, 0.15) is 5.56 Å². The summed E-state index contributed by atoms with van der Waals surface area (Å²) in [5, 5.41) is 25.4. The second-order valence-electron chi connectivity index (χ2n) is 3.26. The van der Waals surface area contributed by atoms with Crippen molar-refractivity contribution in [1.82, 2.24) is 10.2 Å². The van der Waals surface area contributed by atoms with Crippen molar-refractivity contribution in [2.24, 2.45) is 0 Å². The third-order valence-electron chi connectivity index (χ3n) is 2.16. The monoisotopic (exact) mass is 191 g/mol. The first-order chi connectivity index (χ1) is 6.59. The maximum Gasteiger partial charge on any atom is 0.490 e. The number of aromatic nitrogens is 2. The molecule has 0 saturated carbocycles. The zero-order valence-corrected chi connectivity index (χ0v) is 7.65. The lowest BCUT2D eigenvalue weighted by Gasteiger charge is -2.02. The summed E-state index contributed by atoms with van der Waals surface area (Å²) >= 11 is 0. The van der Waals surface area contributed by atoms with Gasteiger partial charge in [-0.05, 0) is 13.0 Å². The number of nitrogen functional groups attached to an aromatic ring is 1. The molecule has 0 aliphatic carbocycles. The summed E-state index contributed by atoms with van der Waals surface area (Å²) in [6.07, 6.45) is 0. The Morgan fingerprint density at radius 2 is 2.14 bits per heavy atom. The predicted octanol–water partition coefficient (Wildman–Crippen LogP) is -0.867. The van der Waals surface area contributed by atoms with Crippen molar-refractivity contribution >= 4 is 29.3 Å². The summed E-state index contributed by atoms with van der Waals surface area (Å²) in [5.41, 5.74) is 7.48. The highest BCUT2D eigenvalue weighted by Gasteiger charge is 2.17. The van der Waals surface area contributed by atoms with Crippen molar-refractivity contribution in [3.63, 3.8) is 0 Å². The van der Waals surface area contributed by atoms with Gasteiger partial charge in [0.25, 0.3) is 0 Å². The van der Waals surface area contributed by atoms with Crippen LogP contribution in [0.3, 0.4) is 0 Å². The van der Waals surface area contributed by atoms with Gasteiger partial charge in [-0.1, -0.05) is 11.6 Å². The van der Waals surface area contributed by atoms with E-state index in [1.165, 1.54) is 0 Å². The van der Waals surface area contributed by atoms with Crippen LogP contribution in [-0.2, 0) is 0 Å². The topological polar surface area (TPSA) is 95.2 Å². The molecule has 0 aliphatic rings. The number of hydrogen-bond donors (Lipinski definition) is 4. The molecule has 1 aromatic carbocycles. The summed E-state index contributed by atoms with van der Waals surface area (Å²) in [6.45, 7) is 1.86. The fourth-order valence-electron chi connectivity index (χ4n) is 1.52. The van der Waals surface area contributed by atoms with Gasteiger partial charge < -0.3 is 15.8 Å². The number of H-pyrrole nitrogens is 1. The molecule has 0 bridgehead atoms. The van der Waals surface area contributed by atoms with Crippen LogP contribution in [0.15, 0.2) is 12.1 Å². The number of aryl methyl sites for hydroxylation is 1. The summed E-state index contributed by atoms with van der Waals surface area (Å²) < 4.78 is 0. The summed E-state index contributed by atoms with van der Waals surface area (Å²) in [4.78, 5) is 0. The number of nitrogens with zero attached hydrogens (tertiary/aromatic N) is 1. The van der Waals surface area contributed by atoms with Crippen LogP contribution in [0, 0.1) is 6.92 Å². The molecule has 5 N–H and O–H groups in total. The Labute approximate surface area is 80.7 Å². The van der Waals surface area contributed by atoms with Gasteiger partial charge >= 0.3 is 7.12 Å². The zero-order chi connectivity index (χ0) is 10.3. The van der Waals surface area contributed by atoms with Gasteiger partial charge in [-0.25, -0.2) is 0 Å². The van der Waals surface area contributed by atoms with E-state index in [0.717, 1.165) is 5.56 Å². The molecular formula is C8H10BN3O2. The number of aromatic amines is 1. The molecule has 0 amide bonds. The molecule has 5 nitrogen and oxygen atoms in total. The molecule has 1 aromatic heterocycles. The highest BCUT2D eigenvalue weighted by Crippen LogP contribution is 2.17. The predicted molar refractivity (Wildman–Crippen MR) is 55.1 cm³/mol. The molecule has 6 heteroatoms. The van der Waals surface area contributed by atoms with E-state index in [4.69, 9.17) is 15.8 Å². The van der Waals surface area contributed by atoms with Gasteiger partial charge in [0, 0.05) is 10.8 Å². The number of hydrogen-bond acceptors (Lipinski definition) is 4. The maximum absolute atomic E-state index is 9.12. The van der Waals surface area contributed by atoms with Crippen LogP contribution >= 0.6 is 0 Å². The van der Waals surface area contributed by atoms with Gasteiger partial charge in [0.2, 0.25) is 0 Å². The Morgan fingerprint density at radius 1 is 1.43 bits per heavy atom. The molecule has 72 valence electrons. The lowest BCUT2D eigenvalue weighted by molar-refractivity contribution is 0.426. The van der Waals surface area contributed by atoms with Crippen LogP contribution in [0.4, 0.5) is 5.82 Å². The van der Waals surface area contributed by atoms with E-state index in [1.54, 1.807) is 6.07 Å². The van der Waals surface area contributed by atoms with E-state index in [0.29, 0.717) is 22.2 Å². The second kappa shape index (κ2) is 3.00. The Morgan fingerprint density at radius 3 is 2.79 bits per heavy atom. The highest BCUT2D eigenvalue weighted by atomic mass is 16.4. The van der Waals surface area contributed by atoms with E-state index in [1.807, 2.05) is 13.0 Å². The van der Waals surface area contributed by atoms with E-state index in [9.17, 15) is 0 Å². The van der Waals surface area contributed by atoms with E-state index in [2.05, 4.69) is 10.2 Å². The lowest BCUT2D eigenvalue weighted by atomic mass is 9.78. The van der Waals surface area contributed by atoms with Crippen LogP contribution in [0.2, 0.25) is 0 Å². The summed E-state index contributed by atoms with van der Waals surface area (Å²) in [6, 6.07) is 3.53. The first-order valence-electron chi connectivity index (χ1n) is 4.20. The van der Waals surface area contributed by atoms with E-state index < -0.39 is 7.12 Å². The minimum atomic E-state index is -1.52. The molecule has 0 aliphatic heterocycles. The van der Waals surface area contributed by atoms with Gasteiger partial charge in [0.05, 0.1) is 5.52 Å². The van der Waals surface area contributed by atoms with Crippen molar-refractivity contribution in [2.75, 3.05) is 5.73 Å². The standard InChI is InChI=1S/C8H10BN3O2/c1-4-2-5-7(11-12-8(5)10)6(3-4)9(13)14/h2-3,13-14H,1H3,(H3,10,11,12).